The highest BCUT2D eigenvalue weighted by Crippen LogP contribution is 2.25. The van der Waals surface area contributed by atoms with Crippen molar-refractivity contribution in [2.75, 3.05) is 13.7 Å². The number of fused-ring (bicyclic) bond motifs is 1. The van der Waals surface area contributed by atoms with Crippen LogP contribution in [0.4, 0.5) is 0 Å². The molecule has 0 saturated carbocycles. The first-order chi connectivity index (χ1) is 8.44. The van der Waals surface area contributed by atoms with Gasteiger partial charge in [0.1, 0.15) is 11.4 Å². The molecule has 0 bridgehead atoms. The van der Waals surface area contributed by atoms with Crippen LogP contribution in [0.3, 0.4) is 0 Å². The molecule has 0 aliphatic carbocycles. The van der Waals surface area contributed by atoms with Crippen molar-refractivity contribution >= 4 is 5.91 Å². The van der Waals surface area contributed by atoms with Gasteiger partial charge in [0.2, 0.25) is 0 Å². The molecule has 18 heavy (non-hydrogen) atoms. The highest BCUT2D eigenvalue weighted by Gasteiger charge is 2.33. The molecular weight excluding hydrogens is 230 g/mol. The predicted molar refractivity (Wildman–Crippen MR) is 68.3 cm³/mol. The zero-order valence-electron chi connectivity index (χ0n) is 11.1. The highest BCUT2D eigenvalue weighted by molar-refractivity contribution is 5.84. The Kier molecular flexibility index (Phi) is 3.30. The summed E-state index contributed by atoms with van der Waals surface area (Å²) in [5.74, 6) is 0.230. The van der Waals surface area contributed by atoms with Crippen LogP contribution in [0.5, 0.6) is 5.75 Å². The average molecular weight is 249 g/mol. The second-order valence-electron chi connectivity index (χ2n) is 5.14. The van der Waals surface area contributed by atoms with E-state index in [9.17, 15) is 9.90 Å². The molecular formula is C14H19NO3. The summed E-state index contributed by atoms with van der Waals surface area (Å²) in [6, 6.07) is 5.35. The van der Waals surface area contributed by atoms with Crippen LogP contribution in [0, 0.1) is 0 Å². The van der Waals surface area contributed by atoms with Crippen LogP contribution in [0.25, 0.3) is 0 Å². The average Bonchev–Trinajstić information content (AvgIpc) is 2.36. The smallest absolute Gasteiger partial charge is 0.254 e. The van der Waals surface area contributed by atoms with Gasteiger partial charge in [0, 0.05) is 20.2 Å². The van der Waals surface area contributed by atoms with E-state index in [0.29, 0.717) is 13.1 Å². The van der Waals surface area contributed by atoms with E-state index in [4.69, 9.17) is 4.74 Å². The van der Waals surface area contributed by atoms with Crippen molar-refractivity contribution in [2.45, 2.75) is 32.4 Å². The minimum absolute atomic E-state index is 0.0148. The maximum Gasteiger partial charge on any atom is 0.254 e. The van der Waals surface area contributed by atoms with Crippen LogP contribution in [0.2, 0.25) is 0 Å². The molecule has 1 aliphatic heterocycles. The Hall–Kier alpha value is -1.55. The lowest BCUT2D eigenvalue weighted by Gasteiger charge is -2.34. The largest absolute Gasteiger partial charge is 0.508 e. The van der Waals surface area contributed by atoms with Crippen LogP contribution in [-0.4, -0.2) is 35.2 Å². The molecule has 4 heteroatoms. The van der Waals surface area contributed by atoms with E-state index >= 15 is 0 Å². The Morgan fingerprint density at radius 3 is 2.78 bits per heavy atom. The highest BCUT2D eigenvalue weighted by atomic mass is 16.5. The van der Waals surface area contributed by atoms with Gasteiger partial charge in [-0.25, -0.2) is 0 Å². The van der Waals surface area contributed by atoms with Gasteiger partial charge in [-0.1, -0.05) is 6.07 Å². The van der Waals surface area contributed by atoms with Gasteiger partial charge in [-0.2, -0.15) is 0 Å². The number of ether oxygens (including phenoxy) is 1. The van der Waals surface area contributed by atoms with Crippen LogP contribution in [-0.2, 0) is 22.5 Å². The van der Waals surface area contributed by atoms with Crippen molar-refractivity contribution in [3.63, 3.8) is 0 Å². The lowest BCUT2D eigenvalue weighted by Crippen LogP contribution is -2.48. The molecule has 1 heterocycles. The van der Waals surface area contributed by atoms with Gasteiger partial charge in [-0.15, -0.1) is 0 Å². The molecule has 0 aromatic heterocycles. The summed E-state index contributed by atoms with van der Waals surface area (Å²) in [5.41, 5.74) is 1.42. The predicted octanol–water partition coefficient (Wildman–Crippen LogP) is 1.70. The topological polar surface area (TPSA) is 49.8 Å². The second-order valence-corrected chi connectivity index (χ2v) is 5.14. The number of phenolic OH excluding ortho intramolecular Hbond substituents is 1. The summed E-state index contributed by atoms with van der Waals surface area (Å²) in [6.07, 6.45) is 0.821. The molecule has 0 fully saturated rings. The molecule has 0 radical (unpaired) electrons. The number of nitrogens with zero attached hydrogens (tertiary/aromatic N) is 1. The first kappa shape index (κ1) is 12.9. The number of aromatic hydroxyl groups is 1. The van der Waals surface area contributed by atoms with E-state index in [0.717, 1.165) is 12.0 Å². The van der Waals surface area contributed by atoms with E-state index in [-0.39, 0.29) is 11.7 Å². The summed E-state index contributed by atoms with van der Waals surface area (Å²) >= 11 is 0. The number of phenols is 1. The Morgan fingerprint density at radius 2 is 2.11 bits per heavy atom. The molecule has 1 aromatic rings. The number of benzene rings is 1. The van der Waals surface area contributed by atoms with Crippen LogP contribution in [0.15, 0.2) is 18.2 Å². The number of carbonyl (C=O) groups is 1. The molecule has 0 atom stereocenters. The summed E-state index contributed by atoms with van der Waals surface area (Å²) in [5, 5.41) is 9.49. The summed E-state index contributed by atoms with van der Waals surface area (Å²) in [7, 11) is 1.54. The van der Waals surface area contributed by atoms with Crippen molar-refractivity contribution in [3.05, 3.63) is 29.3 Å². The minimum Gasteiger partial charge on any atom is -0.508 e. The monoisotopic (exact) mass is 249 g/mol. The molecule has 1 aromatic carbocycles. The molecule has 1 N–H and O–H groups in total. The Balaban J connectivity index is 2.19. The summed E-state index contributed by atoms with van der Waals surface area (Å²) in [6.45, 7) is 4.78. The standard InChI is InChI=1S/C14H19NO3/c1-14(2,18-3)13(17)15-7-6-10-4-5-12(16)8-11(10)9-15/h4-5,8,16H,6-7,9H2,1-3H3. The minimum atomic E-state index is -0.797. The van der Waals surface area contributed by atoms with Gasteiger partial charge < -0.3 is 14.7 Å². The fraction of sp³-hybridized carbons (Fsp3) is 0.500. The number of hydrogen-bond acceptors (Lipinski definition) is 3. The zero-order valence-corrected chi connectivity index (χ0v) is 11.1. The maximum absolute atomic E-state index is 12.3. The number of amides is 1. The van der Waals surface area contributed by atoms with Gasteiger partial charge >= 0.3 is 0 Å². The summed E-state index contributed by atoms with van der Waals surface area (Å²) < 4.78 is 5.22. The van der Waals surface area contributed by atoms with Crippen molar-refractivity contribution in [3.8, 4) is 5.75 Å². The Labute approximate surface area is 107 Å². The quantitative estimate of drug-likeness (QED) is 0.868. The maximum atomic E-state index is 12.3. The SMILES string of the molecule is COC(C)(C)C(=O)N1CCc2ccc(O)cc2C1. The van der Waals surface area contributed by atoms with Gasteiger partial charge in [-0.05, 0) is 43.5 Å². The third kappa shape index (κ3) is 2.34. The van der Waals surface area contributed by atoms with Crippen molar-refractivity contribution in [2.24, 2.45) is 0 Å². The molecule has 1 amide bonds. The lowest BCUT2D eigenvalue weighted by atomic mass is 9.97. The fourth-order valence-electron chi connectivity index (χ4n) is 2.18. The van der Waals surface area contributed by atoms with E-state index in [2.05, 4.69) is 0 Å². The van der Waals surface area contributed by atoms with E-state index in [1.807, 2.05) is 6.07 Å². The van der Waals surface area contributed by atoms with E-state index < -0.39 is 5.60 Å². The van der Waals surface area contributed by atoms with Gasteiger partial charge in [0.05, 0.1) is 0 Å². The van der Waals surface area contributed by atoms with Gasteiger partial charge in [0.15, 0.2) is 0 Å². The zero-order chi connectivity index (χ0) is 13.3. The molecule has 4 nitrogen and oxygen atoms in total. The third-order valence-electron chi connectivity index (χ3n) is 3.51. The van der Waals surface area contributed by atoms with E-state index in [1.165, 1.54) is 5.56 Å². The summed E-state index contributed by atoms with van der Waals surface area (Å²) in [4.78, 5) is 14.1. The molecule has 0 saturated heterocycles. The molecule has 1 aliphatic rings. The molecule has 2 rings (SSSR count). The number of carbonyl (C=O) groups excluding carboxylic acids is 1. The number of hydrogen-bond donors (Lipinski definition) is 1. The van der Waals surface area contributed by atoms with E-state index in [1.54, 1.807) is 38.0 Å². The van der Waals surface area contributed by atoms with Gasteiger partial charge in [0.25, 0.3) is 5.91 Å². The van der Waals surface area contributed by atoms with Crippen molar-refractivity contribution in [1.29, 1.82) is 0 Å². The first-order valence-electron chi connectivity index (χ1n) is 6.09. The van der Waals surface area contributed by atoms with Crippen molar-refractivity contribution in [1.82, 2.24) is 4.90 Å². The first-order valence-corrected chi connectivity index (χ1v) is 6.09. The second kappa shape index (κ2) is 4.61. The third-order valence-corrected chi connectivity index (χ3v) is 3.51. The normalized spacial score (nSPS) is 15.4. The molecule has 98 valence electrons. The number of methoxy groups -OCH3 is 1. The molecule has 0 spiro atoms. The Morgan fingerprint density at radius 1 is 1.39 bits per heavy atom. The Bertz CT molecular complexity index is 468. The number of rotatable bonds is 2. The lowest BCUT2D eigenvalue weighted by molar-refractivity contribution is -0.152. The van der Waals surface area contributed by atoms with Crippen molar-refractivity contribution < 1.29 is 14.6 Å². The van der Waals surface area contributed by atoms with Gasteiger partial charge in [-0.3, -0.25) is 4.79 Å². The van der Waals surface area contributed by atoms with Crippen LogP contribution >= 0.6 is 0 Å². The van der Waals surface area contributed by atoms with Crippen LogP contribution in [0.1, 0.15) is 25.0 Å². The van der Waals surface area contributed by atoms with Crippen LogP contribution < -0.4 is 0 Å². The molecule has 0 unspecified atom stereocenters. The fourth-order valence-corrected chi connectivity index (χ4v) is 2.18.